The van der Waals surface area contributed by atoms with Crippen LogP contribution in [-0.4, -0.2) is 27.6 Å². The molecule has 0 fully saturated rings. The highest BCUT2D eigenvalue weighted by Crippen LogP contribution is 2.04. The third-order valence-corrected chi connectivity index (χ3v) is 1.47. The van der Waals surface area contributed by atoms with Gasteiger partial charge in [-0.25, -0.2) is 4.98 Å². The smallest absolute Gasteiger partial charge is 0.195 e. The molecule has 0 atom stereocenters. The fraction of sp³-hybridized carbons (Fsp3) is 0.500. The number of rotatable bonds is 4. The van der Waals surface area contributed by atoms with Crippen molar-refractivity contribution in [1.29, 1.82) is 0 Å². The van der Waals surface area contributed by atoms with Crippen molar-refractivity contribution >= 4 is 5.78 Å². The summed E-state index contributed by atoms with van der Waals surface area (Å²) < 4.78 is 20.3. The van der Waals surface area contributed by atoms with E-state index in [1.807, 2.05) is 0 Å². The van der Waals surface area contributed by atoms with Crippen molar-refractivity contribution in [3.05, 3.63) is 17.7 Å². The summed E-state index contributed by atoms with van der Waals surface area (Å²) in [6, 6.07) is 0. The number of ketones is 1. The molecule has 5 nitrogen and oxygen atoms in total. The van der Waals surface area contributed by atoms with Crippen LogP contribution in [0, 0.1) is 0 Å². The first-order valence-electron chi connectivity index (χ1n) is 4.66. The third kappa shape index (κ3) is 2.13. The van der Waals surface area contributed by atoms with Crippen LogP contribution in [-0.2, 0) is 18.0 Å². The fourth-order valence-electron chi connectivity index (χ4n) is 0.988. The summed E-state index contributed by atoms with van der Waals surface area (Å²) in [6.45, 7) is -1.16. The van der Waals surface area contributed by atoms with Crippen LogP contribution in [0.15, 0.2) is 6.20 Å². The molecule has 1 aromatic rings. The van der Waals surface area contributed by atoms with Gasteiger partial charge in [0.2, 0.25) is 0 Å². The van der Waals surface area contributed by atoms with Gasteiger partial charge in [0.1, 0.15) is 6.73 Å². The van der Waals surface area contributed by atoms with Crippen molar-refractivity contribution in [1.82, 2.24) is 9.55 Å². The molecule has 0 aliphatic heterocycles. The maximum absolute atomic E-state index is 11.1. The summed E-state index contributed by atoms with van der Waals surface area (Å²) in [7, 11) is 1.44. The average molecular weight is 186 g/mol. The van der Waals surface area contributed by atoms with Gasteiger partial charge in [0.15, 0.2) is 11.6 Å². The van der Waals surface area contributed by atoms with Gasteiger partial charge in [-0.05, 0) is 0 Å². The van der Waals surface area contributed by atoms with E-state index in [9.17, 15) is 4.79 Å². The van der Waals surface area contributed by atoms with E-state index in [-0.39, 0.29) is 24.0 Å². The molecular weight excluding hydrogens is 172 g/mol. The SMILES string of the molecule is [2H]C([2H])(O)c1cn(COC)c(C(C)=O)n1. The highest BCUT2D eigenvalue weighted by atomic mass is 16.5. The molecule has 0 spiro atoms. The summed E-state index contributed by atoms with van der Waals surface area (Å²) in [6.07, 6.45) is 1.25. The number of aromatic nitrogens is 2. The van der Waals surface area contributed by atoms with Gasteiger partial charge in [-0.2, -0.15) is 0 Å². The second kappa shape index (κ2) is 4.15. The lowest BCUT2D eigenvalue weighted by molar-refractivity contribution is 0.0962. The predicted molar refractivity (Wildman–Crippen MR) is 45.2 cm³/mol. The first kappa shape index (κ1) is 7.23. The molecule has 0 radical (unpaired) electrons. The van der Waals surface area contributed by atoms with Crippen LogP contribution in [0.1, 0.15) is 26.0 Å². The zero-order chi connectivity index (χ0) is 11.6. The molecule has 0 amide bonds. The number of carbonyl (C=O) groups excluding carboxylic acids is 1. The number of hydrogen-bond donors (Lipinski definition) is 1. The number of Topliss-reactive ketones (excluding diaryl/α,β-unsaturated/α-hetero) is 1. The zero-order valence-corrected chi connectivity index (χ0v) is 7.44. The molecule has 1 N–H and O–H groups in total. The van der Waals surface area contributed by atoms with Crippen molar-refractivity contribution in [2.45, 2.75) is 20.2 Å². The van der Waals surface area contributed by atoms with E-state index < -0.39 is 6.56 Å². The van der Waals surface area contributed by atoms with Crippen LogP contribution in [0.5, 0.6) is 0 Å². The monoisotopic (exact) mass is 186 g/mol. The van der Waals surface area contributed by atoms with Gasteiger partial charge < -0.3 is 14.4 Å². The second-order valence-electron chi connectivity index (χ2n) is 2.51. The van der Waals surface area contributed by atoms with E-state index in [1.165, 1.54) is 24.8 Å². The Hall–Kier alpha value is -1.20. The molecule has 0 saturated heterocycles. The molecule has 0 saturated carbocycles. The summed E-state index contributed by atoms with van der Waals surface area (Å²) in [4.78, 5) is 14.8. The Balaban J connectivity index is 3.15. The van der Waals surface area contributed by atoms with E-state index in [0.717, 1.165) is 0 Å². The van der Waals surface area contributed by atoms with Crippen molar-refractivity contribution in [2.75, 3.05) is 7.11 Å². The molecule has 5 heteroatoms. The number of imidazole rings is 1. The average Bonchev–Trinajstić information content (AvgIpc) is 2.48. The van der Waals surface area contributed by atoms with Crippen LogP contribution >= 0.6 is 0 Å². The van der Waals surface area contributed by atoms with E-state index in [4.69, 9.17) is 12.6 Å². The molecule has 1 rings (SSSR count). The molecular formula is C8H12N2O3. The van der Waals surface area contributed by atoms with Gasteiger partial charge in [-0.15, -0.1) is 0 Å². The Morgan fingerprint density at radius 2 is 2.62 bits per heavy atom. The number of carbonyl (C=O) groups is 1. The molecule has 13 heavy (non-hydrogen) atoms. The number of hydrogen-bond acceptors (Lipinski definition) is 4. The Morgan fingerprint density at radius 3 is 3.08 bits per heavy atom. The standard InChI is InChI=1S/C8H12N2O3/c1-6(12)8-9-7(4-11)3-10(8)5-13-2/h3,11H,4-5H2,1-2H3/i4D2. The third-order valence-electron chi connectivity index (χ3n) is 1.47. The minimum absolute atomic E-state index is 0.0600. The van der Waals surface area contributed by atoms with Crippen LogP contribution in [0.4, 0.5) is 0 Å². The maximum atomic E-state index is 11.1. The molecule has 72 valence electrons. The van der Waals surface area contributed by atoms with Crippen molar-refractivity contribution in [3.8, 4) is 0 Å². The fourth-order valence-corrected chi connectivity index (χ4v) is 0.988. The Labute approximate surface area is 78.8 Å². The van der Waals surface area contributed by atoms with Crippen molar-refractivity contribution in [2.24, 2.45) is 0 Å². The lowest BCUT2D eigenvalue weighted by Gasteiger charge is -2.01. The van der Waals surface area contributed by atoms with Gasteiger partial charge in [0.05, 0.1) is 15.0 Å². The lowest BCUT2D eigenvalue weighted by Crippen LogP contribution is -2.08. The molecule has 0 unspecified atom stereocenters. The largest absolute Gasteiger partial charge is 0.390 e. The lowest BCUT2D eigenvalue weighted by atomic mass is 10.4. The second-order valence-corrected chi connectivity index (χ2v) is 2.51. The summed E-state index contributed by atoms with van der Waals surface area (Å²) >= 11 is 0. The Bertz CT molecular complexity index is 370. The molecule has 1 heterocycles. The van der Waals surface area contributed by atoms with Crippen LogP contribution in [0.2, 0.25) is 0 Å². The van der Waals surface area contributed by atoms with Gasteiger partial charge >= 0.3 is 0 Å². The van der Waals surface area contributed by atoms with Gasteiger partial charge in [0, 0.05) is 20.2 Å². The predicted octanol–water partition coefficient (Wildman–Crippen LogP) is 0.182. The van der Waals surface area contributed by atoms with Crippen LogP contribution in [0.25, 0.3) is 0 Å². The van der Waals surface area contributed by atoms with Gasteiger partial charge in [-0.3, -0.25) is 4.79 Å². The van der Waals surface area contributed by atoms with Gasteiger partial charge in [0.25, 0.3) is 0 Å². The normalized spacial score (nSPS) is 13.8. The molecule has 0 aliphatic rings. The number of nitrogens with zero attached hydrogens (tertiary/aromatic N) is 2. The van der Waals surface area contributed by atoms with E-state index in [0.29, 0.717) is 0 Å². The van der Waals surface area contributed by atoms with E-state index >= 15 is 0 Å². The van der Waals surface area contributed by atoms with E-state index in [1.54, 1.807) is 0 Å². The Morgan fingerprint density at radius 1 is 1.92 bits per heavy atom. The quantitative estimate of drug-likeness (QED) is 0.681. The summed E-state index contributed by atoms with van der Waals surface area (Å²) in [5.74, 6) is -0.257. The summed E-state index contributed by atoms with van der Waals surface area (Å²) in [5.41, 5.74) is -0.204. The maximum Gasteiger partial charge on any atom is 0.195 e. The Kier molecular flexibility index (Phi) is 2.31. The molecule has 0 bridgehead atoms. The first-order chi connectivity index (χ1) is 6.86. The minimum Gasteiger partial charge on any atom is -0.390 e. The molecule has 1 aromatic heterocycles. The topological polar surface area (TPSA) is 64.3 Å². The summed E-state index contributed by atoms with van der Waals surface area (Å²) in [5, 5.41) is 9.08. The van der Waals surface area contributed by atoms with Crippen molar-refractivity contribution in [3.63, 3.8) is 0 Å². The minimum atomic E-state index is -2.55. The number of methoxy groups -OCH3 is 1. The molecule has 0 aliphatic carbocycles. The molecule has 0 aromatic carbocycles. The first-order valence-corrected chi connectivity index (χ1v) is 3.66. The highest BCUT2D eigenvalue weighted by molar-refractivity contribution is 5.90. The highest BCUT2D eigenvalue weighted by Gasteiger charge is 2.10. The van der Waals surface area contributed by atoms with E-state index in [2.05, 4.69) is 4.98 Å². The zero-order valence-electron chi connectivity index (χ0n) is 9.44. The number of aliphatic hydroxyl groups is 1. The number of ether oxygens (including phenoxy) is 1. The van der Waals surface area contributed by atoms with Crippen LogP contribution < -0.4 is 0 Å². The van der Waals surface area contributed by atoms with Crippen molar-refractivity contribution < 1.29 is 17.4 Å². The van der Waals surface area contributed by atoms with Crippen LogP contribution in [0.3, 0.4) is 0 Å². The van der Waals surface area contributed by atoms with Gasteiger partial charge in [-0.1, -0.05) is 0 Å².